The fourth-order valence-electron chi connectivity index (χ4n) is 3.07. The van der Waals surface area contributed by atoms with Gasteiger partial charge in [-0.3, -0.25) is 4.79 Å². The van der Waals surface area contributed by atoms with E-state index in [1.165, 1.54) is 10.3 Å². The summed E-state index contributed by atoms with van der Waals surface area (Å²) in [4.78, 5) is 19.2. The van der Waals surface area contributed by atoms with Crippen LogP contribution in [0.15, 0.2) is 42.5 Å². The third kappa shape index (κ3) is 3.37. The van der Waals surface area contributed by atoms with Crippen LogP contribution in [0.2, 0.25) is 0 Å². The van der Waals surface area contributed by atoms with E-state index in [1.807, 2.05) is 24.3 Å². The third-order valence-electron chi connectivity index (χ3n) is 4.66. The fourth-order valence-corrected chi connectivity index (χ4v) is 4.15. The minimum Gasteiger partial charge on any atom is -0.497 e. The largest absolute Gasteiger partial charge is 0.497 e. The van der Waals surface area contributed by atoms with Crippen LogP contribution in [0.1, 0.15) is 11.1 Å². The van der Waals surface area contributed by atoms with Gasteiger partial charge in [0.05, 0.1) is 23.2 Å². The van der Waals surface area contributed by atoms with Crippen LogP contribution in [0.3, 0.4) is 0 Å². The van der Waals surface area contributed by atoms with Crippen molar-refractivity contribution in [3.8, 4) is 5.75 Å². The molecule has 6 heteroatoms. The van der Waals surface area contributed by atoms with Crippen molar-refractivity contribution in [2.75, 3.05) is 25.1 Å². The van der Waals surface area contributed by atoms with Crippen molar-refractivity contribution in [3.63, 3.8) is 0 Å². The van der Waals surface area contributed by atoms with E-state index in [0.717, 1.165) is 35.1 Å². The third-order valence-corrected chi connectivity index (χ3v) is 5.74. The first-order valence-electron chi connectivity index (χ1n) is 8.65. The molecule has 4 rings (SSSR count). The van der Waals surface area contributed by atoms with Crippen molar-refractivity contribution in [1.29, 1.82) is 0 Å². The number of fused-ring (bicyclic) bond motifs is 1. The molecule has 0 unspecified atom stereocenters. The second-order valence-electron chi connectivity index (χ2n) is 6.64. The van der Waals surface area contributed by atoms with E-state index in [4.69, 9.17) is 4.74 Å². The molecule has 0 spiro atoms. The molecule has 1 saturated heterocycles. The normalized spacial score (nSPS) is 14.3. The molecule has 1 N–H and O–H groups in total. The molecule has 2 heterocycles. The lowest BCUT2D eigenvalue weighted by molar-refractivity contribution is -0.125. The first-order valence-corrected chi connectivity index (χ1v) is 9.47. The van der Waals surface area contributed by atoms with Crippen molar-refractivity contribution in [2.24, 2.45) is 5.92 Å². The van der Waals surface area contributed by atoms with Crippen LogP contribution in [0, 0.1) is 12.8 Å². The molecular weight excluding hydrogens is 346 g/mol. The molecule has 1 aromatic heterocycles. The van der Waals surface area contributed by atoms with Crippen LogP contribution in [0.4, 0.5) is 5.13 Å². The van der Waals surface area contributed by atoms with Crippen molar-refractivity contribution in [2.45, 2.75) is 13.5 Å². The molecule has 0 radical (unpaired) electrons. The van der Waals surface area contributed by atoms with E-state index in [-0.39, 0.29) is 11.8 Å². The summed E-state index contributed by atoms with van der Waals surface area (Å²) < 4.78 is 6.41. The van der Waals surface area contributed by atoms with E-state index in [0.29, 0.717) is 6.54 Å². The number of carbonyl (C=O) groups is 1. The number of anilines is 1. The fraction of sp³-hybridized carbons (Fsp3) is 0.300. The lowest BCUT2D eigenvalue weighted by Crippen LogP contribution is -2.53. The minimum absolute atomic E-state index is 0.0226. The molecule has 1 amide bonds. The van der Waals surface area contributed by atoms with Gasteiger partial charge >= 0.3 is 0 Å². The molecule has 1 aliphatic heterocycles. The first kappa shape index (κ1) is 16.8. The Labute approximate surface area is 156 Å². The van der Waals surface area contributed by atoms with Gasteiger partial charge < -0.3 is 15.0 Å². The highest BCUT2D eigenvalue weighted by atomic mass is 32.1. The summed E-state index contributed by atoms with van der Waals surface area (Å²) in [5.74, 6) is 0.924. The van der Waals surface area contributed by atoms with Gasteiger partial charge in [-0.1, -0.05) is 29.5 Å². The lowest BCUT2D eigenvalue weighted by Gasteiger charge is -2.37. The molecule has 2 aromatic carbocycles. The summed E-state index contributed by atoms with van der Waals surface area (Å²) in [5, 5.41) is 4.02. The summed E-state index contributed by atoms with van der Waals surface area (Å²) in [6.45, 7) is 4.06. The number of hydrogen-bond acceptors (Lipinski definition) is 5. The molecule has 1 fully saturated rings. The number of hydrogen-bond donors (Lipinski definition) is 1. The maximum atomic E-state index is 12.4. The Balaban J connectivity index is 1.32. The summed E-state index contributed by atoms with van der Waals surface area (Å²) >= 11 is 1.69. The molecule has 0 bridgehead atoms. The monoisotopic (exact) mass is 367 g/mol. The molecule has 134 valence electrons. The summed E-state index contributed by atoms with van der Waals surface area (Å²) in [6, 6.07) is 14.1. The Bertz CT molecular complexity index is 947. The Morgan fingerprint density at radius 2 is 2.15 bits per heavy atom. The first-order chi connectivity index (χ1) is 12.6. The van der Waals surface area contributed by atoms with Gasteiger partial charge in [-0.05, 0) is 42.3 Å². The highest BCUT2D eigenvalue weighted by Crippen LogP contribution is 2.33. The van der Waals surface area contributed by atoms with Gasteiger partial charge in [-0.2, -0.15) is 0 Å². The summed E-state index contributed by atoms with van der Waals surface area (Å²) in [6.07, 6.45) is 0. The number of methoxy groups -OCH3 is 1. The number of thiazole rings is 1. The smallest absolute Gasteiger partial charge is 0.226 e. The van der Waals surface area contributed by atoms with Gasteiger partial charge in [-0.25, -0.2) is 4.98 Å². The number of nitrogens with one attached hydrogen (secondary N) is 1. The highest BCUT2D eigenvalue weighted by Gasteiger charge is 2.34. The van der Waals surface area contributed by atoms with Crippen molar-refractivity contribution in [1.82, 2.24) is 10.3 Å². The van der Waals surface area contributed by atoms with Gasteiger partial charge in [0.25, 0.3) is 0 Å². The second kappa shape index (κ2) is 6.96. The van der Waals surface area contributed by atoms with Crippen LogP contribution >= 0.6 is 11.3 Å². The highest BCUT2D eigenvalue weighted by molar-refractivity contribution is 7.22. The van der Waals surface area contributed by atoms with Crippen LogP contribution in [0.5, 0.6) is 5.75 Å². The van der Waals surface area contributed by atoms with Gasteiger partial charge in [0.15, 0.2) is 5.13 Å². The van der Waals surface area contributed by atoms with Crippen LogP contribution in [-0.2, 0) is 11.3 Å². The Morgan fingerprint density at radius 3 is 2.96 bits per heavy atom. The molecule has 26 heavy (non-hydrogen) atoms. The quantitative estimate of drug-likeness (QED) is 0.751. The van der Waals surface area contributed by atoms with Gasteiger partial charge in [0.1, 0.15) is 5.75 Å². The van der Waals surface area contributed by atoms with Gasteiger partial charge in [0, 0.05) is 19.6 Å². The SMILES string of the molecule is COc1cccc(CNC(=O)C2CN(c3nc4ccc(C)cc4s3)C2)c1. The molecular formula is C20H21N3O2S. The molecule has 5 nitrogen and oxygen atoms in total. The Hall–Kier alpha value is -2.60. The van der Waals surface area contributed by atoms with E-state index in [9.17, 15) is 4.79 Å². The number of rotatable bonds is 5. The lowest BCUT2D eigenvalue weighted by atomic mass is 10.00. The standard InChI is InChI=1S/C20H21N3O2S/c1-13-6-7-17-18(8-13)26-20(22-17)23-11-15(12-23)19(24)21-10-14-4-3-5-16(9-14)25-2/h3-9,15H,10-12H2,1-2H3,(H,21,24). The number of nitrogens with zero attached hydrogens (tertiary/aromatic N) is 2. The van der Waals surface area contributed by atoms with E-state index in [2.05, 4.69) is 40.3 Å². The number of amides is 1. The zero-order valence-electron chi connectivity index (χ0n) is 14.9. The maximum Gasteiger partial charge on any atom is 0.226 e. The van der Waals surface area contributed by atoms with E-state index < -0.39 is 0 Å². The predicted octanol–water partition coefficient (Wildman–Crippen LogP) is 3.37. The van der Waals surface area contributed by atoms with E-state index in [1.54, 1.807) is 18.4 Å². The van der Waals surface area contributed by atoms with E-state index >= 15 is 0 Å². The number of ether oxygens (including phenoxy) is 1. The van der Waals surface area contributed by atoms with Crippen LogP contribution in [0.25, 0.3) is 10.2 Å². The average Bonchev–Trinajstić information content (AvgIpc) is 3.01. The Morgan fingerprint density at radius 1 is 1.31 bits per heavy atom. The molecule has 3 aromatic rings. The van der Waals surface area contributed by atoms with Crippen LogP contribution in [-0.4, -0.2) is 31.1 Å². The predicted molar refractivity (Wildman–Crippen MR) is 105 cm³/mol. The summed E-state index contributed by atoms with van der Waals surface area (Å²) in [5.41, 5.74) is 3.31. The van der Waals surface area contributed by atoms with Crippen LogP contribution < -0.4 is 15.0 Å². The summed E-state index contributed by atoms with van der Waals surface area (Å²) in [7, 11) is 1.64. The van der Waals surface area contributed by atoms with Crippen molar-refractivity contribution in [3.05, 3.63) is 53.6 Å². The molecule has 0 saturated carbocycles. The topological polar surface area (TPSA) is 54.5 Å². The number of benzene rings is 2. The number of aryl methyl sites for hydroxylation is 1. The zero-order valence-corrected chi connectivity index (χ0v) is 15.7. The second-order valence-corrected chi connectivity index (χ2v) is 7.65. The zero-order chi connectivity index (χ0) is 18.1. The minimum atomic E-state index is 0.0226. The van der Waals surface area contributed by atoms with Crippen molar-refractivity contribution < 1.29 is 9.53 Å². The maximum absolute atomic E-state index is 12.4. The number of carbonyl (C=O) groups excluding carboxylic acids is 1. The molecule has 0 atom stereocenters. The van der Waals surface area contributed by atoms with Crippen molar-refractivity contribution >= 4 is 32.6 Å². The van der Waals surface area contributed by atoms with Gasteiger partial charge in [-0.15, -0.1) is 0 Å². The Kier molecular flexibility index (Phi) is 4.51. The number of aromatic nitrogens is 1. The molecule has 1 aliphatic rings. The average molecular weight is 367 g/mol. The van der Waals surface area contributed by atoms with Gasteiger partial charge in [0.2, 0.25) is 5.91 Å². The molecule has 0 aliphatic carbocycles.